The lowest BCUT2D eigenvalue weighted by atomic mass is 9.80. The Bertz CT molecular complexity index is 1220. The van der Waals surface area contributed by atoms with Crippen molar-refractivity contribution in [2.75, 3.05) is 37.6 Å². The van der Waals surface area contributed by atoms with Crippen LogP contribution in [-0.4, -0.2) is 47.2 Å². The molecule has 2 atom stereocenters. The van der Waals surface area contributed by atoms with Crippen LogP contribution in [-0.2, 0) is 6.30 Å². The molecule has 0 saturated carbocycles. The normalized spacial score (nSPS) is 20.9. The molecule has 2 aliphatic rings. The number of likely N-dealkylation sites (tertiary alicyclic amines) is 1. The molecule has 35 heavy (non-hydrogen) atoms. The SMILES string of the molecule is CCN1CCC[C@H](C2CN(c3cnc4c(c3)c(C(C)c3ccc(Cl)cc3Cl)cn4C(F)(F)F)C2)C1. The first-order chi connectivity index (χ1) is 16.7. The van der Waals surface area contributed by atoms with Gasteiger partial charge in [0.25, 0.3) is 0 Å². The molecule has 3 aromatic rings. The van der Waals surface area contributed by atoms with Gasteiger partial charge in [0.15, 0.2) is 0 Å². The molecule has 2 fully saturated rings. The molecule has 4 heterocycles. The van der Waals surface area contributed by atoms with E-state index in [-0.39, 0.29) is 11.6 Å². The average molecular weight is 525 g/mol. The Morgan fingerprint density at radius 3 is 2.54 bits per heavy atom. The van der Waals surface area contributed by atoms with E-state index in [4.69, 9.17) is 23.2 Å². The number of rotatable bonds is 5. The molecule has 4 nitrogen and oxygen atoms in total. The van der Waals surface area contributed by atoms with Crippen LogP contribution in [0.4, 0.5) is 18.9 Å². The lowest BCUT2D eigenvalue weighted by molar-refractivity contribution is -0.201. The Balaban J connectivity index is 1.45. The maximum absolute atomic E-state index is 13.8. The molecular weight excluding hydrogens is 496 g/mol. The Kier molecular flexibility index (Phi) is 6.70. The molecule has 0 N–H and O–H groups in total. The van der Waals surface area contributed by atoms with Gasteiger partial charge in [-0.25, -0.2) is 9.55 Å². The van der Waals surface area contributed by atoms with Gasteiger partial charge in [-0.15, -0.1) is 13.2 Å². The van der Waals surface area contributed by atoms with Crippen LogP contribution in [0.1, 0.15) is 43.7 Å². The fourth-order valence-corrected chi connectivity index (χ4v) is 6.21. The molecule has 9 heteroatoms. The molecular formula is C26H29Cl2F3N4. The molecule has 0 amide bonds. The van der Waals surface area contributed by atoms with Crippen molar-refractivity contribution in [2.45, 2.75) is 38.9 Å². The number of anilines is 1. The smallest absolute Gasteiger partial charge is 0.370 e. The number of alkyl halides is 3. The largest absolute Gasteiger partial charge is 0.490 e. The molecule has 5 rings (SSSR count). The van der Waals surface area contributed by atoms with E-state index in [0.717, 1.165) is 43.6 Å². The molecule has 0 radical (unpaired) electrons. The highest BCUT2D eigenvalue weighted by Gasteiger charge is 2.37. The zero-order valence-electron chi connectivity index (χ0n) is 19.8. The standard InChI is InChI=1S/C26H29Cl2F3N4/c1-3-33-8-4-5-17(12-33)18-13-34(14-18)20-10-22-23(15-35(26(29,30)31)25(22)32-11-20)16(2)21-7-6-19(27)9-24(21)28/h6-7,9-11,15-18H,3-5,8,12-14H2,1-2H3/t16?,17-/m0/s1. The van der Waals surface area contributed by atoms with E-state index in [1.54, 1.807) is 24.4 Å². The Morgan fingerprint density at radius 2 is 1.86 bits per heavy atom. The molecule has 0 aliphatic carbocycles. The van der Waals surface area contributed by atoms with E-state index in [1.807, 2.05) is 13.0 Å². The zero-order valence-corrected chi connectivity index (χ0v) is 21.3. The number of piperidine rings is 1. The molecule has 2 aromatic heterocycles. The van der Waals surface area contributed by atoms with Crippen molar-refractivity contribution in [3.63, 3.8) is 0 Å². The first-order valence-electron chi connectivity index (χ1n) is 12.2. The number of hydrogen-bond acceptors (Lipinski definition) is 3. The van der Waals surface area contributed by atoms with E-state index in [1.165, 1.54) is 19.4 Å². The van der Waals surface area contributed by atoms with Gasteiger partial charge in [-0.1, -0.05) is 43.1 Å². The molecule has 1 unspecified atom stereocenters. The second kappa shape index (κ2) is 9.49. The van der Waals surface area contributed by atoms with Crippen LogP contribution in [0.25, 0.3) is 11.0 Å². The van der Waals surface area contributed by atoms with Crippen LogP contribution in [0, 0.1) is 11.8 Å². The van der Waals surface area contributed by atoms with E-state index in [0.29, 0.717) is 37.4 Å². The minimum atomic E-state index is -4.57. The number of halogens is 5. The number of aromatic nitrogens is 2. The quantitative estimate of drug-likeness (QED) is 0.354. The van der Waals surface area contributed by atoms with Gasteiger partial charge >= 0.3 is 6.30 Å². The summed E-state index contributed by atoms with van der Waals surface area (Å²) in [6.45, 7) is 9.32. The van der Waals surface area contributed by atoms with Crippen LogP contribution < -0.4 is 4.90 Å². The first-order valence-corrected chi connectivity index (χ1v) is 12.9. The minimum absolute atomic E-state index is 0.0869. The Hall–Kier alpha value is -1.96. The summed E-state index contributed by atoms with van der Waals surface area (Å²) in [6, 6.07) is 6.95. The third-order valence-electron chi connectivity index (χ3n) is 7.76. The second-order valence-corrected chi connectivity index (χ2v) is 10.7. The summed E-state index contributed by atoms with van der Waals surface area (Å²) in [6.07, 6.45) is 0.649. The predicted molar refractivity (Wildman–Crippen MR) is 136 cm³/mol. The van der Waals surface area contributed by atoms with Gasteiger partial charge in [0.2, 0.25) is 0 Å². The Labute approximate surface area is 213 Å². The van der Waals surface area contributed by atoms with Crippen molar-refractivity contribution in [3.8, 4) is 0 Å². The average Bonchev–Trinajstić information content (AvgIpc) is 3.17. The van der Waals surface area contributed by atoms with Crippen molar-refractivity contribution < 1.29 is 13.2 Å². The van der Waals surface area contributed by atoms with Crippen molar-refractivity contribution in [1.29, 1.82) is 0 Å². The van der Waals surface area contributed by atoms with Gasteiger partial charge < -0.3 is 9.80 Å². The van der Waals surface area contributed by atoms with Gasteiger partial charge in [0, 0.05) is 47.2 Å². The molecule has 2 saturated heterocycles. The molecule has 1 aromatic carbocycles. The summed E-state index contributed by atoms with van der Waals surface area (Å²) in [4.78, 5) is 9.03. The number of benzene rings is 1. The van der Waals surface area contributed by atoms with Crippen LogP contribution in [0.15, 0.2) is 36.7 Å². The van der Waals surface area contributed by atoms with Gasteiger partial charge in [-0.2, -0.15) is 0 Å². The summed E-state index contributed by atoms with van der Waals surface area (Å²) in [7, 11) is 0. The molecule has 188 valence electrons. The van der Waals surface area contributed by atoms with Crippen LogP contribution >= 0.6 is 23.2 Å². The predicted octanol–water partition coefficient (Wildman–Crippen LogP) is 7.14. The highest BCUT2D eigenvalue weighted by molar-refractivity contribution is 6.35. The van der Waals surface area contributed by atoms with Gasteiger partial charge in [0.05, 0.1) is 11.9 Å². The molecule has 2 aliphatic heterocycles. The fourth-order valence-electron chi connectivity index (χ4n) is 5.64. The summed E-state index contributed by atoms with van der Waals surface area (Å²) in [5, 5.41) is 1.41. The third-order valence-corrected chi connectivity index (χ3v) is 8.32. The summed E-state index contributed by atoms with van der Waals surface area (Å²) in [5.41, 5.74) is 2.05. The number of fused-ring (bicyclic) bond motifs is 1. The zero-order chi connectivity index (χ0) is 24.9. The fraction of sp³-hybridized carbons (Fsp3) is 0.500. The maximum atomic E-state index is 13.8. The Morgan fingerprint density at radius 1 is 1.09 bits per heavy atom. The van der Waals surface area contributed by atoms with Crippen molar-refractivity contribution in [1.82, 2.24) is 14.5 Å². The van der Waals surface area contributed by atoms with E-state index in [2.05, 4.69) is 21.7 Å². The van der Waals surface area contributed by atoms with Gasteiger partial charge in [-0.3, -0.25) is 0 Å². The second-order valence-electron chi connectivity index (χ2n) is 9.84. The summed E-state index contributed by atoms with van der Waals surface area (Å²) >= 11 is 12.4. The van der Waals surface area contributed by atoms with E-state index >= 15 is 0 Å². The van der Waals surface area contributed by atoms with Crippen LogP contribution in [0.2, 0.25) is 10.0 Å². The first kappa shape index (κ1) is 24.7. The van der Waals surface area contributed by atoms with Gasteiger partial charge in [-0.05, 0) is 67.1 Å². The highest BCUT2D eigenvalue weighted by Crippen LogP contribution is 2.41. The molecule has 0 spiro atoms. The van der Waals surface area contributed by atoms with Crippen molar-refractivity contribution in [3.05, 3.63) is 57.8 Å². The highest BCUT2D eigenvalue weighted by atomic mass is 35.5. The minimum Gasteiger partial charge on any atom is -0.370 e. The van der Waals surface area contributed by atoms with Gasteiger partial charge in [0.1, 0.15) is 5.65 Å². The number of hydrogen-bond donors (Lipinski definition) is 0. The summed E-state index contributed by atoms with van der Waals surface area (Å²) < 4.78 is 41.9. The lowest BCUT2D eigenvalue weighted by Gasteiger charge is -2.47. The van der Waals surface area contributed by atoms with Crippen LogP contribution in [0.5, 0.6) is 0 Å². The van der Waals surface area contributed by atoms with Crippen molar-refractivity contribution in [2.24, 2.45) is 11.8 Å². The van der Waals surface area contributed by atoms with E-state index in [9.17, 15) is 13.2 Å². The number of pyridine rings is 1. The molecule has 0 bridgehead atoms. The monoisotopic (exact) mass is 524 g/mol. The topological polar surface area (TPSA) is 24.3 Å². The number of nitrogens with zero attached hydrogens (tertiary/aromatic N) is 4. The van der Waals surface area contributed by atoms with Crippen LogP contribution in [0.3, 0.4) is 0 Å². The maximum Gasteiger partial charge on any atom is 0.490 e. The van der Waals surface area contributed by atoms with E-state index < -0.39 is 6.30 Å². The van der Waals surface area contributed by atoms with Crippen molar-refractivity contribution >= 4 is 39.9 Å². The third kappa shape index (κ3) is 4.75. The summed E-state index contributed by atoms with van der Waals surface area (Å²) in [5.74, 6) is 0.936. The lowest BCUT2D eigenvalue weighted by Crippen LogP contribution is -2.53.